The van der Waals surface area contributed by atoms with Gasteiger partial charge in [0.25, 0.3) is 0 Å². The molecule has 0 saturated heterocycles. The Bertz CT molecular complexity index is 552. The molecule has 0 rings (SSSR count). The Labute approximate surface area is 176 Å². The van der Waals surface area contributed by atoms with E-state index in [1.54, 1.807) is 0 Å². The van der Waals surface area contributed by atoms with E-state index in [4.69, 9.17) is 17.7 Å². The number of nitrogens with zero attached hydrogens (tertiary/aromatic N) is 1. The van der Waals surface area contributed by atoms with Crippen LogP contribution in [0.4, 0.5) is 35.1 Å². The minimum absolute atomic E-state index is 0.531. The van der Waals surface area contributed by atoms with Gasteiger partial charge in [0, 0.05) is 18.3 Å². The highest BCUT2D eigenvalue weighted by Crippen LogP contribution is 2.51. The fourth-order valence-corrected chi connectivity index (χ4v) is 4.91. The van der Waals surface area contributed by atoms with Crippen molar-refractivity contribution in [1.29, 1.82) is 0 Å². The van der Waals surface area contributed by atoms with Crippen molar-refractivity contribution in [2.75, 3.05) is 0 Å². The molecule has 0 aliphatic rings. The highest BCUT2D eigenvalue weighted by molar-refractivity contribution is 6.53. The first kappa shape index (κ1) is 30.4. The maximum absolute atomic E-state index is 14.2. The van der Waals surface area contributed by atoms with Gasteiger partial charge in [-0.05, 0) is 55.4 Å². The van der Waals surface area contributed by atoms with Crippen LogP contribution in [0, 0.1) is 0 Å². The number of halogens is 8. The van der Waals surface area contributed by atoms with Gasteiger partial charge in [0.15, 0.2) is 0 Å². The highest BCUT2D eigenvalue weighted by Gasteiger charge is 2.79. The van der Waals surface area contributed by atoms with Gasteiger partial charge in [0.05, 0.1) is 0 Å². The summed E-state index contributed by atoms with van der Waals surface area (Å²) >= 11 is 0. The first-order valence-electron chi connectivity index (χ1n) is 9.18. The Balaban J connectivity index is 6.27. The van der Waals surface area contributed by atoms with Crippen LogP contribution in [0.25, 0.3) is 0 Å². The van der Waals surface area contributed by atoms with Gasteiger partial charge in [0.1, 0.15) is 5.72 Å². The van der Waals surface area contributed by atoms with Crippen molar-refractivity contribution in [3.63, 3.8) is 0 Å². The van der Waals surface area contributed by atoms with Crippen LogP contribution >= 0.6 is 0 Å². The summed E-state index contributed by atoms with van der Waals surface area (Å²) in [4.78, 5) is 0. The molecule has 0 aliphatic heterocycles. The van der Waals surface area contributed by atoms with Crippen molar-refractivity contribution in [2.45, 2.75) is 104 Å². The first-order chi connectivity index (χ1) is 13.6. The third-order valence-corrected chi connectivity index (χ3v) is 6.36. The lowest BCUT2D eigenvalue weighted by Gasteiger charge is -2.44. The fourth-order valence-electron chi connectivity index (χ4n) is 2.17. The molecule has 0 aliphatic carbocycles. The molecule has 15 heteroatoms. The lowest BCUT2D eigenvalue weighted by atomic mass is 10.1. The molecule has 0 atom stereocenters. The van der Waals surface area contributed by atoms with Crippen LogP contribution in [0.3, 0.4) is 0 Å². The molecule has 0 aromatic carbocycles. The molecule has 0 heterocycles. The fraction of sp³-hybridized carbons (Fsp3) is 1.00. The second kappa shape index (κ2) is 10.1. The van der Waals surface area contributed by atoms with Crippen molar-refractivity contribution in [2.24, 2.45) is 0 Å². The van der Waals surface area contributed by atoms with Crippen LogP contribution in [-0.4, -0.2) is 62.5 Å². The van der Waals surface area contributed by atoms with Gasteiger partial charge in [-0.2, -0.15) is 26.3 Å². The van der Waals surface area contributed by atoms with Gasteiger partial charge in [-0.3, -0.25) is 0 Å². The van der Waals surface area contributed by atoms with Gasteiger partial charge in [0.2, 0.25) is 0 Å². The Kier molecular flexibility index (Phi) is 9.94. The predicted octanol–water partition coefficient (Wildman–Crippen LogP) is 5.23. The third kappa shape index (κ3) is 6.95. The van der Waals surface area contributed by atoms with Crippen molar-refractivity contribution in [1.82, 2.24) is 5.06 Å². The summed E-state index contributed by atoms with van der Waals surface area (Å²) in [6, 6.07) is -6.32. The van der Waals surface area contributed by atoms with Crippen LogP contribution < -0.4 is 0 Å². The molecule has 0 spiro atoms. The highest BCUT2D eigenvalue weighted by atomic mass is 28.4. The van der Waals surface area contributed by atoms with Crippen LogP contribution in [-0.2, 0) is 22.9 Å². The van der Waals surface area contributed by atoms with E-state index in [0.29, 0.717) is 13.8 Å². The normalized spacial score (nSPS) is 15.3. The van der Waals surface area contributed by atoms with Crippen molar-refractivity contribution in [3.8, 4) is 0 Å². The summed E-state index contributed by atoms with van der Waals surface area (Å²) in [7, 11) is -4.54. The molecule has 0 saturated carbocycles. The Morgan fingerprint density at radius 2 is 1.06 bits per heavy atom. The van der Waals surface area contributed by atoms with Crippen LogP contribution in [0.1, 0.15) is 55.4 Å². The Morgan fingerprint density at radius 3 is 1.32 bits per heavy atom. The van der Waals surface area contributed by atoms with E-state index in [-0.39, 0.29) is 0 Å². The van der Waals surface area contributed by atoms with E-state index in [2.05, 4.69) is 0 Å². The van der Waals surface area contributed by atoms with E-state index in [9.17, 15) is 40.3 Å². The van der Waals surface area contributed by atoms with Gasteiger partial charge in [-0.1, -0.05) is 5.06 Å². The SMILES string of the molecule is CC(C)O[Si](OC(C)C)(OC(C)C)OC(C)(C)N([O])C(F)(F)C(F)(F)C(F)(F)C(F)F. The molecule has 0 amide bonds. The molecule has 0 aromatic rings. The van der Waals surface area contributed by atoms with Crippen LogP contribution in [0.15, 0.2) is 0 Å². The number of hydroxylamine groups is 2. The lowest BCUT2D eigenvalue weighted by molar-refractivity contribution is -0.473. The number of hydrogen-bond donors (Lipinski definition) is 0. The average Bonchev–Trinajstić information content (AvgIpc) is 2.50. The van der Waals surface area contributed by atoms with Crippen molar-refractivity contribution >= 4 is 9.05 Å². The number of rotatable bonds is 13. The van der Waals surface area contributed by atoms with Gasteiger partial charge in [-0.15, -0.1) is 5.21 Å². The maximum Gasteiger partial charge on any atom is 0.681 e. The van der Waals surface area contributed by atoms with E-state index < -0.39 is 62.5 Å². The molecule has 0 unspecified atom stereocenters. The first-order valence-corrected chi connectivity index (χ1v) is 10.8. The Hall–Kier alpha value is -0.583. The lowest BCUT2D eigenvalue weighted by Crippen LogP contribution is -2.69. The maximum atomic E-state index is 14.2. The van der Waals surface area contributed by atoms with E-state index in [1.807, 2.05) is 0 Å². The van der Waals surface area contributed by atoms with Crippen molar-refractivity contribution < 1.29 is 58.0 Å². The average molecular weight is 494 g/mol. The molecular formula is C16H28F8NO5Si. The predicted molar refractivity (Wildman–Crippen MR) is 93.0 cm³/mol. The van der Waals surface area contributed by atoms with Crippen LogP contribution in [0.5, 0.6) is 0 Å². The second-order valence-corrected chi connectivity index (χ2v) is 9.79. The third-order valence-electron chi connectivity index (χ3n) is 3.33. The number of hydrogen-bond acceptors (Lipinski definition) is 5. The zero-order chi connectivity index (χ0) is 25.2. The second-order valence-electron chi connectivity index (χ2n) is 7.88. The minimum Gasteiger partial charge on any atom is -0.349 e. The quantitative estimate of drug-likeness (QED) is 0.115. The molecule has 187 valence electrons. The molecule has 0 fully saturated rings. The smallest absolute Gasteiger partial charge is 0.349 e. The molecule has 0 bridgehead atoms. The summed E-state index contributed by atoms with van der Waals surface area (Å²) in [6.45, 7) is 9.85. The van der Waals surface area contributed by atoms with Crippen LogP contribution in [0.2, 0.25) is 0 Å². The van der Waals surface area contributed by atoms with Crippen molar-refractivity contribution in [3.05, 3.63) is 0 Å². The standard InChI is InChI=1S/C16H28F8NO5Si/c1-9(2)27-31(28-10(3)4,29-11(5)6)30-13(7,8)25(26)16(23,24)15(21,22)14(19,20)12(17)18/h9-12H,1-8H3. The Morgan fingerprint density at radius 1 is 0.742 bits per heavy atom. The zero-order valence-electron chi connectivity index (χ0n) is 18.3. The molecule has 31 heavy (non-hydrogen) atoms. The van der Waals surface area contributed by atoms with E-state index >= 15 is 0 Å². The molecule has 0 aromatic heterocycles. The van der Waals surface area contributed by atoms with E-state index in [1.165, 1.54) is 41.5 Å². The van der Waals surface area contributed by atoms with E-state index in [0.717, 1.165) is 0 Å². The summed E-state index contributed by atoms with van der Waals surface area (Å²) in [5.74, 6) is -13.3. The van der Waals surface area contributed by atoms with Gasteiger partial charge in [-0.25, -0.2) is 8.78 Å². The minimum atomic E-state index is -6.75. The monoisotopic (exact) mass is 494 g/mol. The van der Waals surface area contributed by atoms with Gasteiger partial charge < -0.3 is 17.7 Å². The molecule has 0 N–H and O–H groups in total. The number of alkyl halides is 8. The molecular weight excluding hydrogens is 466 g/mol. The zero-order valence-corrected chi connectivity index (χ0v) is 19.3. The summed E-state index contributed by atoms with van der Waals surface area (Å²) in [5.41, 5.74) is -3.05. The van der Waals surface area contributed by atoms with Gasteiger partial charge >= 0.3 is 33.4 Å². The summed E-state index contributed by atoms with van der Waals surface area (Å²) in [6.07, 6.45) is -7.36. The summed E-state index contributed by atoms with van der Waals surface area (Å²) < 4.78 is 128. The molecule has 1 radical (unpaired) electrons. The largest absolute Gasteiger partial charge is 0.681 e. The topological polar surface area (TPSA) is 60.1 Å². The molecule has 6 nitrogen and oxygen atoms in total. The summed E-state index contributed by atoms with van der Waals surface area (Å²) in [5, 5.41) is 10.4.